The zero-order valence-corrected chi connectivity index (χ0v) is 18.4. The van der Waals surface area contributed by atoms with E-state index in [0.29, 0.717) is 16.8 Å². The SMILES string of the molecule is O=c1cc(N2CCN(c3ncc(C(F)(F)F)cc3Cl)CC2)[nH]c(=O)n1-c1cccc(C(F)(F)F)c1. The van der Waals surface area contributed by atoms with E-state index in [1.54, 1.807) is 9.80 Å². The Labute approximate surface area is 198 Å². The van der Waals surface area contributed by atoms with Gasteiger partial charge < -0.3 is 9.80 Å². The van der Waals surface area contributed by atoms with Crippen molar-refractivity contribution >= 4 is 23.2 Å². The predicted molar refractivity (Wildman–Crippen MR) is 116 cm³/mol. The first-order chi connectivity index (χ1) is 16.3. The third-order valence-electron chi connectivity index (χ3n) is 5.42. The first-order valence-corrected chi connectivity index (χ1v) is 10.5. The van der Waals surface area contributed by atoms with Crippen LogP contribution in [0.5, 0.6) is 0 Å². The molecule has 35 heavy (non-hydrogen) atoms. The van der Waals surface area contributed by atoms with E-state index in [1.807, 2.05) is 0 Å². The fraction of sp³-hybridized carbons (Fsp3) is 0.286. The molecule has 0 saturated carbocycles. The summed E-state index contributed by atoms with van der Waals surface area (Å²) in [6.45, 7) is 1.08. The summed E-state index contributed by atoms with van der Waals surface area (Å²) in [6, 6.07) is 5.73. The Morgan fingerprint density at radius 2 is 1.49 bits per heavy atom. The maximum absolute atomic E-state index is 13.0. The number of nitrogens with one attached hydrogen (secondary N) is 1. The van der Waals surface area contributed by atoms with E-state index in [1.165, 1.54) is 6.07 Å². The highest BCUT2D eigenvalue weighted by Crippen LogP contribution is 2.34. The average molecular weight is 520 g/mol. The lowest BCUT2D eigenvalue weighted by molar-refractivity contribution is -0.138. The van der Waals surface area contributed by atoms with Gasteiger partial charge in [-0.15, -0.1) is 0 Å². The number of aromatic nitrogens is 3. The molecule has 1 aliphatic rings. The zero-order chi connectivity index (χ0) is 25.5. The molecule has 1 aromatic carbocycles. The van der Waals surface area contributed by atoms with Crippen molar-refractivity contribution < 1.29 is 26.3 Å². The number of piperazine rings is 1. The van der Waals surface area contributed by atoms with Gasteiger partial charge >= 0.3 is 18.0 Å². The zero-order valence-electron chi connectivity index (χ0n) is 17.6. The third kappa shape index (κ3) is 5.14. The van der Waals surface area contributed by atoms with Crippen LogP contribution in [0.15, 0.2) is 52.2 Å². The largest absolute Gasteiger partial charge is 0.417 e. The standard InChI is InChI=1S/C21H16ClF6N5O2/c22-15-9-13(21(26,27)28)11-29-18(15)32-6-4-31(5-7-32)16-10-17(34)33(19(35)30-16)14-3-1-2-12(8-14)20(23,24)25/h1-3,8-11H,4-7H2,(H,30,35). The summed E-state index contributed by atoms with van der Waals surface area (Å²) in [5.41, 5.74) is -3.94. The highest BCUT2D eigenvalue weighted by Gasteiger charge is 2.33. The molecule has 1 fully saturated rings. The summed E-state index contributed by atoms with van der Waals surface area (Å²) in [7, 11) is 0. The smallest absolute Gasteiger partial charge is 0.354 e. The molecule has 2 aromatic heterocycles. The number of pyridine rings is 1. The molecule has 0 radical (unpaired) electrons. The fourth-order valence-electron chi connectivity index (χ4n) is 3.70. The van der Waals surface area contributed by atoms with Gasteiger partial charge in [0, 0.05) is 38.4 Å². The lowest BCUT2D eigenvalue weighted by atomic mass is 10.2. The van der Waals surface area contributed by atoms with Crippen LogP contribution < -0.4 is 21.0 Å². The first kappa shape index (κ1) is 24.6. The molecule has 0 bridgehead atoms. The van der Waals surface area contributed by atoms with Crippen LogP contribution in [0.1, 0.15) is 11.1 Å². The molecular formula is C21H16ClF6N5O2. The van der Waals surface area contributed by atoms with Crippen molar-refractivity contribution in [3.8, 4) is 5.69 Å². The van der Waals surface area contributed by atoms with Crippen LogP contribution in [0, 0.1) is 0 Å². The van der Waals surface area contributed by atoms with Crippen molar-refractivity contribution in [1.29, 1.82) is 0 Å². The minimum Gasteiger partial charge on any atom is -0.354 e. The summed E-state index contributed by atoms with van der Waals surface area (Å²) in [4.78, 5) is 34.8. The highest BCUT2D eigenvalue weighted by molar-refractivity contribution is 6.33. The minimum absolute atomic E-state index is 0.161. The number of rotatable bonds is 3. The highest BCUT2D eigenvalue weighted by atomic mass is 35.5. The van der Waals surface area contributed by atoms with Crippen molar-refractivity contribution in [3.05, 3.63) is 79.6 Å². The van der Waals surface area contributed by atoms with Gasteiger partial charge in [0.05, 0.1) is 21.8 Å². The summed E-state index contributed by atoms with van der Waals surface area (Å²) in [5.74, 6) is 0.335. The Balaban J connectivity index is 1.53. The van der Waals surface area contributed by atoms with Crippen molar-refractivity contribution in [3.63, 3.8) is 0 Å². The summed E-state index contributed by atoms with van der Waals surface area (Å²) >= 11 is 6.00. The Morgan fingerprint density at radius 3 is 2.06 bits per heavy atom. The van der Waals surface area contributed by atoms with Gasteiger partial charge in [-0.1, -0.05) is 17.7 Å². The van der Waals surface area contributed by atoms with Crippen LogP contribution in [0.25, 0.3) is 5.69 Å². The molecule has 0 aliphatic carbocycles. The van der Waals surface area contributed by atoms with Crippen molar-refractivity contribution in [2.75, 3.05) is 36.0 Å². The number of anilines is 2. The van der Waals surface area contributed by atoms with E-state index in [2.05, 4.69) is 9.97 Å². The second-order valence-corrected chi connectivity index (χ2v) is 8.09. The fourth-order valence-corrected chi connectivity index (χ4v) is 3.98. The Morgan fingerprint density at radius 1 is 0.857 bits per heavy atom. The molecular weight excluding hydrogens is 504 g/mol. The molecule has 1 saturated heterocycles. The van der Waals surface area contributed by atoms with Gasteiger partial charge in [-0.05, 0) is 24.3 Å². The molecule has 7 nitrogen and oxygen atoms in total. The van der Waals surface area contributed by atoms with Gasteiger partial charge in [-0.25, -0.2) is 14.3 Å². The Hall–Kier alpha value is -3.48. The quantitative estimate of drug-likeness (QED) is 0.531. The molecule has 0 spiro atoms. The molecule has 0 amide bonds. The number of hydrogen-bond donors (Lipinski definition) is 1. The van der Waals surface area contributed by atoms with Gasteiger partial charge in [-0.2, -0.15) is 26.3 Å². The van der Waals surface area contributed by atoms with E-state index >= 15 is 0 Å². The Kier molecular flexibility index (Phi) is 6.30. The van der Waals surface area contributed by atoms with Crippen LogP contribution in [0.3, 0.4) is 0 Å². The first-order valence-electron chi connectivity index (χ1n) is 10.1. The van der Waals surface area contributed by atoms with Gasteiger partial charge in [0.15, 0.2) is 0 Å². The number of nitrogens with zero attached hydrogens (tertiary/aromatic N) is 4. The van der Waals surface area contributed by atoms with E-state index < -0.39 is 34.7 Å². The molecule has 1 aliphatic heterocycles. The van der Waals surface area contributed by atoms with Crippen LogP contribution in [-0.4, -0.2) is 40.7 Å². The second kappa shape index (κ2) is 8.95. The Bertz CT molecular complexity index is 1330. The summed E-state index contributed by atoms with van der Waals surface area (Å²) < 4.78 is 78.1. The number of aromatic amines is 1. The number of hydrogen-bond acceptors (Lipinski definition) is 5. The van der Waals surface area contributed by atoms with Crippen LogP contribution in [0.2, 0.25) is 5.02 Å². The number of halogens is 7. The van der Waals surface area contributed by atoms with Crippen LogP contribution >= 0.6 is 11.6 Å². The van der Waals surface area contributed by atoms with Gasteiger partial charge in [0.25, 0.3) is 5.56 Å². The summed E-state index contributed by atoms with van der Waals surface area (Å²) in [5, 5.41) is -0.162. The molecule has 0 unspecified atom stereocenters. The molecule has 14 heteroatoms. The predicted octanol–water partition coefficient (Wildman–Crippen LogP) is 3.94. The monoisotopic (exact) mass is 519 g/mol. The molecule has 3 heterocycles. The second-order valence-electron chi connectivity index (χ2n) is 7.68. The molecule has 3 aromatic rings. The normalized spacial score (nSPS) is 14.9. The summed E-state index contributed by atoms with van der Waals surface area (Å²) in [6.07, 6.45) is -8.52. The molecule has 4 rings (SSSR count). The van der Waals surface area contributed by atoms with E-state index in [9.17, 15) is 35.9 Å². The van der Waals surface area contributed by atoms with Gasteiger partial charge in [0.2, 0.25) is 0 Å². The molecule has 0 atom stereocenters. The lowest BCUT2D eigenvalue weighted by Gasteiger charge is -2.36. The van der Waals surface area contributed by atoms with Gasteiger partial charge in [-0.3, -0.25) is 9.78 Å². The molecule has 186 valence electrons. The minimum atomic E-state index is -4.64. The molecule has 1 N–H and O–H groups in total. The van der Waals surface area contributed by atoms with Crippen molar-refractivity contribution in [1.82, 2.24) is 14.5 Å². The van der Waals surface area contributed by atoms with Crippen molar-refractivity contribution in [2.45, 2.75) is 12.4 Å². The third-order valence-corrected chi connectivity index (χ3v) is 5.70. The average Bonchev–Trinajstić information content (AvgIpc) is 2.78. The van der Waals surface area contributed by atoms with E-state index in [-0.39, 0.29) is 48.5 Å². The van der Waals surface area contributed by atoms with Crippen LogP contribution in [-0.2, 0) is 12.4 Å². The van der Waals surface area contributed by atoms with E-state index in [0.717, 1.165) is 24.3 Å². The maximum atomic E-state index is 13.0. The number of H-pyrrole nitrogens is 1. The lowest BCUT2D eigenvalue weighted by Crippen LogP contribution is -2.48. The topological polar surface area (TPSA) is 74.2 Å². The number of benzene rings is 1. The van der Waals surface area contributed by atoms with Crippen molar-refractivity contribution in [2.24, 2.45) is 0 Å². The number of alkyl halides is 6. The van der Waals surface area contributed by atoms with Crippen LogP contribution in [0.4, 0.5) is 38.0 Å². The van der Waals surface area contributed by atoms with Gasteiger partial charge in [0.1, 0.15) is 11.6 Å². The van der Waals surface area contributed by atoms with E-state index in [4.69, 9.17) is 11.6 Å². The maximum Gasteiger partial charge on any atom is 0.417 e.